The quantitative estimate of drug-likeness (QED) is 0.676. The molecular formula is C20H23F4N3O2. The third-order valence-corrected chi connectivity index (χ3v) is 4.71. The number of piperidine rings is 1. The van der Waals surface area contributed by atoms with Crippen LogP contribution in [0.1, 0.15) is 50.9 Å². The van der Waals surface area contributed by atoms with E-state index < -0.39 is 23.2 Å². The number of hydrogen-bond acceptors (Lipinski definition) is 3. The van der Waals surface area contributed by atoms with E-state index in [9.17, 15) is 22.4 Å². The Hall–Kier alpha value is -2.58. The summed E-state index contributed by atoms with van der Waals surface area (Å²) in [6, 6.07) is 2.29. The molecule has 1 aromatic heterocycles. The standard InChI is InChI=1S/C20H23F4N3O2/c1-19(2,3)29-18(28)27-8-6-12(7-9-27)17-25-11-16(26-17)14-10-13(20(22,23)24)4-5-15(14)21/h4-5,10-12H,6-9H2,1-3H3,(H,25,26). The molecule has 3 rings (SSSR count). The first-order chi connectivity index (χ1) is 13.4. The number of carbonyl (C=O) groups is 1. The molecule has 0 radical (unpaired) electrons. The topological polar surface area (TPSA) is 58.2 Å². The van der Waals surface area contributed by atoms with Crippen LogP contribution in [0.2, 0.25) is 0 Å². The molecule has 1 fully saturated rings. The molecule has 158 valence electrons. The molecule has 0 unspecified atom stereocenters. The Labute approximate surface area is 166 Å². The Morgan fingerprint density at radius 1 is 1.21 bits per heavy atom. The van der Waals surface area contributed by atoms with Gasteiger partial charge in [-0.25, -0.2) is 14.2 Å². The molecule has 1 saturated heterocycles. The summed E-state index contributed by atoms with van der Waals surface area (Å²) in [6.45, 7) is 6.36. The zero-order chi connectivity index (χ0) is 21.4. The summed E-state index contributed by atoms with van der Waals surface area (Å²) in [5.74, 6) is -0.190. The highest BCUT2D eigenvalue weighted by Gasteiger charge is 2.32. The molecule has 0 atom stereocenters. The second-order valence-electron chi connectivity index (χ2n) is 8.12. The lowest BCUT2D eigenvalue weighted by Crippen LogP contribution is -2.41. The molecule has 0 saturated carbocycles. The van der Waals surface area contributed by atoms with Gasteiger partial charge in [-0.3, -0.25) is 0 Å². The van der Waals surface area contributed by atoms with E-state index in [1.807, 2.05) is 0 Å². The largest absolute Gasteiger partial charge is 0.444 e. The summed E-state index contributed by atoms with van der Waals surface area (Å²) in [5.41, 5.74) is -1.47. The number of benzene rings is 1. The van der Waals surface area contributed by atoms with Gasteiger partial charge in [0.2, 0.25) is 0 Å². The Bertz CT molecular complexity index is 879. The first kappa shape index (κ1) is 21.1. The number of amides is 1. The van der Waals surface area contributed by atoms with Crippen molar-refractivity contribution < 1.29 is 27.1 Å². The first-order valence-electron chi connectivity index (χ1n) is 9.34. The molecule has 0 bridgehead atoms. The van der Waals surface area contributed by atoms with Crippen molar-refractivity contribution in [2.45, 2.75) is 51.3 Å². The van der Waals surface area contributed by atoms with Gasteiger partial charge in [0.1, 0.15) is 17.2 Å². The number of aromatic nitrogens is 2. The predicted molar refractivity (Wildman–Crippen MR) is 98.8 cm³/mol. The van der Waals surface area contributed by atoms with Gasteiger partial charge in [0.05, 0.1) is 17.5 Å². The Morgan fingerprint density at radius 2 is 1.86 bits per heavy atom. The normalized spacial score (nSPS) is 16.2. The highest BCUT2D eigenvalue weighted by atomic mass is 19.4. The molecule has 1 aromatic carbocycles. The summed E-state index contributed by atoms with van der Waals surface area (Å²) in [5, 5.41) is 0. The fourth-order valence-corrected chi connectivity index (χ4v) is 3.25. The molecule has 1 N–H and O–H groups in total. The molecule has 0 aliphatic carbocycles. The molecule has 0 spiro atoms. The number of aromatic amines is 1. The number of hydrogen-bond donors (Lipinski definition) is 1. The summed E-state index contributed by atoms with van der Waals surface area (Å²) in [7, 11) is 0. The number of likely N-dealkylation sites (tertiary alicyclic amines) is 1. The maximum absolute atomic E-state index is 14.1. The number of carbonyl (C=O) groups excluding carboxylic acids is 1. The molecule has 2 heterocycles. The van der Waals surface area contributed by atoms with Crippen LogP contribution < -0.4 is 0 Å². The van der Waals surface area contributed by atoms with Gasteiger partial charge in [-0.2, -0.15) is 13.2 Å². The SMILES string of the molecule is CC(C)(C)OC(=O)N1CCC(c2ncc(-c3cc(C(F)(F)F)ccc3F)[nH]2)CC1. The molecule has 5 nitrogen and oxygen atoms in total. The van der Waals surface area contributed by atoms with Gasteiger partial charge in [-0.15, -0.1) is 0 Å². The van der Waals surface area contributed by atoms with Crippen molar-refractivity contribution in [1.29, 1.82) is 0 Å². The van der Waals surface area contributed by atoms with Gasteiger partial charge >= 0.3 is 12.3 Å². The van der Waals surface area contributed by atoms with Crippen LogP contribution in [-0.4, -0.2) is 39.7 Å². The number of imidazole rings is 1. The fourth-order valence-electron chi connectivity index (χ4n) is 3.25. The van der Waals surface area contributed by atoms with Crippen LogP contribution in [0.3, 0.4) is 0 Å². The van der Waals surface area contributed by atoms with Crippen LogP contribution in [0.4, 0.5) is 22.4 Å². The first-order valence-corrected chi connectivity index (χ1v) is 9.34. The second-order valence-corrected chi connectivity index (χ2v) is 8.12. The zero-order valence-electron chi connectivity index (χ0n) is 16.4. The van der Waals surface area contributed by atoms with Crippen molar-refractivity contribution >= 4 is 6.09 Å². The van der Waals surface area contributed by atoms with Crippen LogP contribution >= 0.6 is 0 Å². The molecule has 1 aliphatic rings. The lowest BCUT2D eigenvalue weighted by atomic mass is 9.96. The Balaban J connectivity index is 1.70. The van der Waals surface area contributed by atoms with Crippen LogP contribution in [0.25, 0.3) is 11.3 Å². The summed E-state index contributed by atoms with van der Waals surface area (Å²) in [4.78, 5) is 21.0. The number of nitrogens with zero attached hydrogens (tertiary/aromatic N) is 2. The van der Waals surface area contributed by atoms with Crippen LogP contribution in [0, 0.1) is 5.82 Å². The Kier molecular flexibility index (Phi) is 5.60. The van der Waals surface area contributed by atoms with Crippen molar-refractivity contribution in [2.75, 3.05) is 13.1 Å². The average Bonchev–Trinajstić information content (AvgIpc) is 3.09. The van der Waals surface area contributed by atoms with E-state index in [0.29, 0.717) is 37.8 Å². The van der Waals surface area contributed by atoms with Crippen molar-refractivity contribution in [3.63, 3.8) is 0 Å². The number of ether oxygens (including phenoxy) is 1. The van der Waals surface area contributed by atoms with Crippen molar-refractivity contribution in [3.8, 4) is 11.3 Å². The minimum Gasteiger partial charge on any atom is -0.444 e. The predicted octanol–water partition coefficient (Wildman–Crippen LogP) is 5.35. The van der Waals surface area contributed by atoms with Gasteiger partial charge in [0.15, 0.2) is 0 Å². The van der Waals surface area contributed by atoms with Gasteiger partial charge in [0.25, 0.3) is 0 Å². The molecular weight excluding hydrogens is 390 g/mol. The zero-order valence-corrected chi connectivity index (χ0v) is 16.4. The van der Waals surface area contributed by atoms with Crippen molar-refractivity contribution in [1.82, 2.24) is 14.9 Å². The maximum Gasteiger partial charge on any atom is 0.416 e. The minimum absolute atomic E-state index is 0.00343. The minimum atomic E-state index is -4.56. The molecule has 29 heavy (non-hydrogen) atoms. The number of halogens is 4. The van der Waals surface area contributed by atoms with Crippen LogP contribution in [-0.2, 0) is 10.9 Å². The molecule has 1 aliphatic heterocycles. The second kappa shape index (κ2) is 7.68. The van der Waals surface area contributed by atoms with E-state index in [2.05, 4.69) is 9.97 Å². The number of nitrogens with one attached hydrogen (secondary N) is 1. The third-order valence-electron chi connectivity index (χ3n) is 4.71. The fraction of sp³-hybridized carbons (Fsp3) is 0.500. The highest BCUT2D eigenvalue weighted by molar-refractivity contribution is 5.68. The number of alkyl halides is 3. The van der Waals surface area contributed by atoms with E-state index in [1.54, 1.807) is 25.7 Å². The molecule has 9 heteroatoms. The number of rotatable bonds is 2. The van der Waals surface area contributed by atoms with E-state index in [0.717, 1.165) is 12.1 Å². The summed E-state index contributed by atoms with van der Waals surface area (Å²) in [6.07, 6.45) is -2.34. The van der Waals surface area contributed by atoms with E-state index >= 15 is 0 Å². The highest BCUT2D eigenvalue weighted by Crippen LogP contribution is 2.34. The number of H-pyrrole nitrogens is 1. The summed E-state index contributed by atoms with van der Waals surface area (Å²) < 4.78 is 58.2. The van der Waals surface area contributed by atoms with Gasteiger partial charge in [-0.05, 0) is 51.8 Å². The lowest BCUT2D eigenvalue weighted by Gasteiger charge is -2.32. The van der Waals surface area contributed by atoms with Gasteiger partial charge in [0, 0.05) is 24.6 Å². The van der Waals surface area contributed by atoms with E-state index in [1.165, 1.54) is 6.20 Å². The third kappa shape index (κ3) is 5.07. The maximum atomic E-state index is 14.1. The smallest absolute Gasteiger partial charge is 0.416 e. The average molecular weight is 413 g/mol. The van der Waals surface area contributed by atoms with Gasteiger partial charge < -0.3 is 14.6 Å². The van der Waals surface area contributed by atoms with Crippen LogP contribution in [0.15, 0.2) is 24.4 Å². The monoisotopic (exact) mass is 413 g/mol. The van der Waals surface area contributed by atoms with Gasteiger partial charge in [-0.1, -0.05) is 0 Å². The van der Waals surface area contributed by atoms with Crippen LogP contribution in [0.5, 0.6) is 0 Å². The Morgan fingerprint density at radius 3 is 2.45 bits per heavy atom. The summed E-state index contributed by atoms with van der Waals surface area (Å²) >= 11 is 0. The van der Waals surface area contributed by atoms with Crippen molar-refractivity contribution in [3.05, 3.63) is 41.6 Å². The van der Waals surface area contributed by atoms with Crippen molar-refractivity contribution in [2.24, 2.45) is 0 Å². The molecule has 2 aromatic rings. The van der Waals surface area contributed by atoms with E-state index in [4.69, 9.17) is 4.74 Å². The lowest BCUT2D eigenvalue weighted by molar-refractivity contribution is -0.137. The molecule has 1 amide bonds. The van der Waals surface area contributed by atoms with E-state index in [-0.39, 0.29) is 23.3 Å².